The van der Waals surface area contributed by atoms with Crippen molar-refractivity contribution >= 4 is 28.8 Å². The molecule has 106 valence electrons. The molecule has 3 aromatic rings. The molecule has 1 aromatic heterocycles. The summed E-state index contributed by atoms with van der Waals surface area (Å²) < 4.78 is 5.66. The van der Waals surface area contributed by atoms with E-state index in [1.54, 1.807) is 12.3 Å². The highest BCUT2D eigenvalue weighted by atomic mass is 35.5. The van der Waals surface area contributed by atoms with E-state index in [9.17, 15) is 5.11 Å². The SMILES string of the molecule is OC[C@@H](N=Cc1cc2cc(Cl)ccc2o1)c1ccccc1. The van der Waals surface area contributed by atoms with E-state index in [1.807, 2.05) is 48.5 Å². The van der Waals surface area contributed by atoms with Crippen molar-refractivity contribution < 1.29 is 9.52 Å². The number of aliphatic hydroxyl groups excluding tert-OH is 1. The van der Waals surface area contributed by atoms with Gasteiger partial charge >= 0.3 is 0 Å². The number of nitrogens with zero attached hydrogens (tertiary/aromatic N) is 1. The summed E-state index contributed by atoms with van der Waals surface area (Å²) in [6, 6.07) is 16.7. The number of fused-ring (bicyclic) bond motifs is 1. The Hall–Kier alpha value is -2.10. The number of aliphatic imine (C=N–C) groups is 1. The maximum absolute atomic E-state index is 9.47. The highest BCUT2D eigenvalue weighted by Gasteiger charge is 2.08. The smallest absolute Gasteiger partial charge is 0.146 e. The molecule has 0 radical (unpaired) electrons. The first-order valence-corrected chi connectivity index (χ1v) is 7.02. The molecule has 21 heavy (non-hydrogen) atoms. The van der Waals surface area contributed by atoms with Gasteiger partial charge in [-0.2, -0.15) is 0 Å². The van der Waals surface area contributed by atoms with Gasteiger partial charge in [0.15, 0.2) is 0 Å². The first-order chi connectivity index (χ1) is 10.3. The maximum Gasteiger partial charge on any atom is 0.146 e. The molecule has 1 heterocycles. The lowest BCUT2D eigenvalue weighted by Crippen LogP contribution is -2.01. The lowest BCUT2D eigenvalue weighted by atomic mass is 10.1. The Morgan fingerprint density at radius 1 is 1.14 bits per heavy atom. The van der Waals surface area contributed by atoms with Gasteiger partial charge in [-0.15, -0.1) is 0 Å². The van der Waals surface area contributed by atoms with E-state index in [0.29, 0.717) is 10.8 Å². The zero-order chi connectivity index (χ0) is 14.7. The summed E-state index contributed by atoms with van der Waals surface area (Å²) in [7, 11) is 0. The van der Waals surface area contributed by atoms with E-state index in [-0.39, 0.29) is 12.6 Å². The van der Waals surface area contributed by atoms with Gasteiger partial charge < -0.3 is 9.52 Å². The van der Waals surface area contributed by atoms with Gasteiger partial charge in [0.2, 0.25) is 0 Å². The van der Waals surface area contributed by atoms with Crippen molar-refractivity contribution in [3.8, 4) is 0 Å². The monoisotopic (exact) mass is 299 g/mol. The average Bonchev–Trinajstić information content (AvgIpc) is 2.91. The molecule has 0 aliphatic heterocycles. The van der Waals surface area contributed by atoms with Gasteiger partial charge in [0.25, 0.3) is 0 Å². The van der Waals surface area contributed by atoms with Crippen LogP contribution in [0.1, 0.15) is 17.4 Å². The molecule has 0 bridgehead atoms. The lowest BCUT2D eigenvalue weighted by Gasteiger charge is -2.08. The second-order valence-corrected chi connectivity index (χ2v) is 5.15. The van der Waals surface area contributed by atoms with Crippen LogP contribution in [0.15, 0.2) is 64.0 Å². The third-order valence-corrected chi connectivity index (χ3v) is 3.47. The van der Waals surface area contributed by atoms with Crippen LogP contribution in [0.5, 0.6) is 0 Å². The van der Waals surface area contributed by atoms with E-state index >= 15 is 0 Å². The fourth-order valence-electron chi connectivity index (χ4n) is 2.18. The Morgan fingerprint density at radius 3 is 2.71 bits per heavy atom. The quantitative estimate of drug-likeness (QED) is 0.732. The van der Waals surface area contributed by atoms with E-state index in [1.165, 1.54) is 0 Å². The third kappa shape index (κ3) is 3.15. The van der Waals surface area contributed by atoms with Gasteiger partial charge in [-0.05, 0) is 29.8 Å². The molecular weight excluding hydrogens is 286 g/mol. The normalized spacial score (nSPS) is 13.0. The van der Waals surface area contributed by atoms with Crippen molar-refractivity contribution in [2.24, 2.45) is 4.99 Å². The minimum absolute atomic E-state index is 0.0490. The Labute approximate surface area is 127 Å². The van der Waals surface area contributed by atoms with Crippen molar-refractivity contribution in [2.75, 3.05) is 6.61 Å². The Kier molecular flexibility index (Phi) is 4.04. The summed E-state index contributed by atoms with van der Waals surface area (Å²) in [5.74, 6) is 0.640. The third-order valence-electron chi connectivity index (χ3n) is 3.24. The largest absolute Gasteiger partial charge is 0.455 e. The van der Waals surface area contributed by atoms with Gasteiger partial charge in [-0.1, -0.05) is 41.9 Å². The molecule has 0 spiro atoms. The van der Waals surface area contributed by atoms with Crippen LogP contribution in [0.25, 0.3) is 11.0 Å². The van der Waals surface area contributed by atoms with Crippen LogP contribution in [0, 0.1) is 0 Å². The van der Waals surface area contributed by atoms with Crippen molar-refractivity contribution in [2.45, 2.75) is 6.04 Å². The Morgan fingerprint density at radius 2 is 1.95 bits per heavy atom. The van der Waals surface area contributed by atoms with Crippen LogP contribution in [-0.2, 0) is 0 Å². The molecule has 3 nitrogen and oxygen atoms in total. The van der Waals surface area contributed by atoms with Crippen LogP contribution >= 0.6 is 11.6 Å². The second kappa shape index (κ2) is 6.12. The van der Waals surface area contributed by atoms with Crippen LogP contribution in [0.3, 0.4) is 0 Å². The number of hydrogen-bond donors (Lipinski definition) is 1. The molecule has 0 unspecified atom stereocenters. The minimum atomic E-state index is -0.289. The molecule has 0 fully saturated rings. The Bertz CT molecular complexity index is 765. The summed E-state index contributed by atoms with van der Waals surface area (Å²) >= 11 is 5.95. The number of aliphatic hydroxyl groups is 1. The van der Waals surface area contributed by atoms with Gasteiger partial charge in [0.1, 0.15) is 11.3 Å². The van der Waals surface area contributed by atoms with Crippen molar-refractivity contribution in [3.05, 3.63) is 70.9 Å². The number of furan rings is 1. The van der Waals surface area contributed by atoms with Gasteiger partial charge in [0.05, 0.1) is 18.9 Å². The summed E-state index contributed by atoms with van der Waals surface area (Å²) in [4.78, 5) is 4.40. The van der Waals surface area contributed by atoms with Crippen molar-refractivity contribution in [1.29, 1.82) is 0 Å². The predicted octanol–water partition coefficient (Wildman–Crippen LogP) is 4.24. The van der Waals surface area contributed by atoms with Gasteiger partial charge in [-0.3, -0.25) is 4.99 Å². The first kappa shape index (κ1) is 13.9. The molecule has 1 N–H and O–H groups in total. The van der Waals surface area contributed by atoms with Crippen molar-refractivity contribution in [3.63, 3.8) is 0 Å². The fourth-order valence-corrected chi connectivity index (χ4v) is 2.36. The molecule has 0 saturated heterocycles. The van der Waals surface area contributed by atoms with E-state index in [2.05, 4.69) is 4.99 Å². The predicted molar refractivity (Wildman–Crippen MR) is 85.1 cm³/mol. The highest BCUT2D eigenvalue weighted by molar-refractivity contribution is 6.31. The van der Waals surface area contributed by atoms with Crippen LogP contribution < -0.4 is 0 Å². The molecule has 1 atom stereocenters. The fraction of sp³-hybridized carbons (Fsp3) is 0.118. The minimum Gasteiger partial charge on any atom is -0.455 e. The van der Waals surface area contributed by atoms with E-state index in [0.717, 1.165) is 16.5 Å². The highest BCUT2D eigenvalue weighted by Crippen LogP contribution is 2.23. The first-order valence-electron chi connectivity index (χ1n) is 6.64. The summed E-state index contributed by atoms with van der Waals surface area (Å²) in [6.45, 7) is -0.0490. The molecule has 0 saturated carbocycles. The Balaban J connectivity index is 1.86. The summed E-state index contributed by atoms with van der Waals surface area (Å²) in [5.41, 5.74) is 1.73. The lowest BCUT2D eigenvalue weighted by molar-refractivity contribution is 0.269. The molecule has 4 heteroatoms. The second-order valence-electron chi connectivity index (χ2n) is 4.72. The molecule has 2 aromatic carbocycles. The molecule has 0 aliphatic rings. The topological polar surface area (TPSA) is 45.7 Å². The average molecular weight is 300 g/mol. The molecular formula is C17H14ClNO2. The molecule has 0 aliphatic carbocycles. The van der Waals surface area contributed by atoms with Crippen LogP contribution in [0.2, 0.25) is 5.02 Å². The van der Waals surface area contributed by atoms with Crippen LogP contribution in [-0.4, -0.2) is 17.9 Å². The van der Waals surface area contributed by atoms with Crippen LogP contribution in [0.4, 0.5) is 0 Å². The number of halogens is 1. The van der Waals surface area contributed by atoms with Crippen molar-refractivity contribution in [1.82, 2.24) is 0 Å². The molecule has 0 amide bonds. The number of hydrogen-bond acceptors (Lipinski definition) is 3. The van der Waals surface area contributed by atoms with E-state index < -0.39 is 0 Å². The zero-order valence-corrected chi connectivity index (χ0v) is 12.0. The van der Waals surface area contributed by atoms with Gasteiger partial charge in [0, 0.05) is 10.4 Å². The standard InChI is InChI=1S/C17H14ClNO2/c18-14-6-7-17-13(8-14)9-15(21-17)10-19-16(11-20)12-4-2-1-3-5-12/h1-10,16,20H,11H2/t16-/m1/s1. The zero-order valence-electron chi connectivity index (χ0n) is 11.2. The van der Waals surface area contributed by atoms with E-state index in [4.69, 9.17) is 16.0 Å². The summed E-state index contributed by atoms with van der Waals surface area (Å²) in [5, 5.41) is 11.1. The number of rotatable bonds is 4. The maximum atomic E-state index is 9.47. The number of benzene rings is 2. The van der Waals surface area contributed by atoms with Gasteiger partial charge in [-0.25, -0.2) is 0 Å². The molecule has 3 rings (SSSR count). The summed E-state index contributed by atoms with van der Waals surface area (Å²) in [6.07, 6.45) is 1.64.